The highest BCUT2D eigenvalue weighted by molar-refractivity contribution is 5.85. The maximum Gasteiger partial charge on any atom is 0.0236 e. The van der Waals surface area contributed by atoms with Crippen molar-refractivity contribution in [2.75, 3.05) is 0 Å². The normalized spacial score (nSPS) is 19.8. The van der Waals surface area contributed by atoms with Crippen LogP contribution in [0.4, 0.5) is 0 Å². The zero-order valence-electron chi connectivity index (χ0n) is 8.29. The predicted molar refractivity (Wildman–Crippen MR) is 62.5 cm³/mol. The van der Waals surface area contributed by atoms with Crippen LogP contribution in [-0.2, 0) is 0 Å². The molecule has 82 valence electrons. The number of halogens is 2. The van der Waals surface area contributed by atoms with Crippen LogP contribution in [0, 0.1) is 5.92 Å². The summed E-state index contributed by atoms with van der Waals surface area (Å²) in [7, 11) is 0. The number of hydrogen-bond donors (Lipinski definition) is 2. The lowest BCUT2D eigenvalue weighted by Gasteiger charge is -2.28. The first-order valence-corrected chi connectivity index (χ1v) is 4.84. The Morgan fingerprint density at radius 3 is 2.15 bits per heavy atom. The van der Waals surface area contributed by atoms with Gasteiger partial charge in [0.2, 0.25) is 0 Å². The first-order chi connectivity index (χ1) is 5.38. The van der Waals surface area contributed by atoms with Crippen molar-refractivity contribution in [1.82, 2.24) is 5.43 Å². The molecule has 0 amide bonds. The van der Waals surface area contributed by atoms with Crippen molar-refractivity contribution in [2.24, 2.45) is 11.8 Å². The second-order valence-corrected chi connectivity index (χ2v) is 3.58. The topological polar surface area (TPSA) is 38.0 Å². The van der Waals surface area contributed by atoms with E-state index >= 15 is 0 Å². The third-order valence-electron chi connectivity index (χ3n) is 2.87. The van der Waals surface area contributed by atoms with Crippen molar-refractivity contribution >= 4 is 24.8 Å². The van der Waals surface area contributed by atoms with Gasteiger partial charge in [-0.15, -0.1) is 24.8 Å². The Hall–Kier alpha value is 0.500. The van der Waals surface area contributed by atoms with Crippen LogP contribution in [0.3, 0.4) is 0 Å². The van der Waals surface area contributed by atoms with Gasteiger partial charge in [-0.25, -0.2) is 0 Å². The van der Waals surface area contributed by atoms with Crippen LogP contribution in [0.15, 0.2) is 0 Å². The lowest BCUT2D eigenvalue weighted by molar-refractivity contribution is 0.265. The summed E-state index contributed by atoms with van der Waals surface area (Å²) in [6.45, 7) is 2.21. The predicted octanol–water partition coefficient (Wildman–Crippen LogP) is 2.65. The lowest BCUT2D eigenvalue weighted by Crippen LogP contribution is -2.41. The highest BCUT2D eigenvalue weighted by atomic mass is 35.5. The van der Waals surface area contributed by atoms with Gasteiger partial charge < -0.3 is 0 Å². The third-order valence-corrected chi connectivity index (χ3v) is 2.87. The van der Waals surface area contributed by atoms with Crippen LogP contribution < -0.4 is 11.3 Å². The summed E-state index contributed by atoms with van der Waals surface area (Å²) in [6.07, 6.45) is 8.16. The molecule has 0 aromatic carbocycles. The number of hydrazine groups is 1. The molecule has 3 N–H and O–H groups in total. The molecule has 1 aliphatic rings. The van der Waals surface area contributed by atoms with E-state index in [0.29, 0.717) is 6.04 Å². The van der Waals surface area contributed by atoms with Gasteiger partial charge in [-0.2, -0.15) is 0 Å². The molecule has 0 aliphatic heterocycles. The van der Waals surface area contributed by atoms with Crippen LogP contribution in [0.25, 0.3) is 0 Å². The summed E-state index contributed by atoms with van der Waals surface area (Å²) in [4.78, 5) is 0. The zero-order chi connectivity index (χ0) is 8.10. The minimum atomic E-state index is 0. The summed E-state index contributed by atoms with van der Waals surface area (Å²) in [5.74, 6) is 6.31. The Morgan fingerprint density at radius 2 is 1.77 bits per heavy atom. The first-order valence-electron chi connectivity index (χ1n) is 4.84. The molecule has 1 unspecified atom stereocenters. The van der Waals surface area contributed by atoms with Gasteiger partial charge in [-0.1, -0.05) is 26.2 Å². The molecule has 1 aliphatic carbocycles. The summed E-state index contributed by atoms with van der Waals surface area (Å²) in [5, 5.41) is 0. The molecule has 0 aromatic heterocycles. The Morgan fingerprint density at radius 1 is 1.23 bits per heavy atom. The maximum absolute atomic E-state index is 5.46. The van der Waals surface area contributed by atoms with Gasteiger partial charge in [0.25, 0.3) is 0 Å². The van der Waals surface area contributed by atoms with E-state index in [0.717, 1.165) is 5.92 Å². The first kappa shape index (κ1) is 15.9. The molecule has 2 nitrogen and oxygen atoms in total. The molecular formula is C9H22Cl2N2. The molecule has 0 saturated heterocycles. The van der Waals surface area contributed by atoms with Gasteiger partial charge in [-0.05, 0) is 25.2 Å². The summed E-state index contributed by atoms with van der Waals surface area (Å²) in [6, 6.07) is 0.565. The van der Waals surface area contributed by atoms with Gasteiger partial charge in [0.15, 0.2) is 0 Å². The molecule has 13 heavy (non-hydrogen) atoms. The van der Waals surface area contributed by atoms with Crippen LogP contribution in [-0.4, -0.2) is 6.04 Å². The summed E-state index contributed by atoms with van der Waals surface area (Å²) < 4.78 is 0. The standard InChI is InChI=1S/C9H20N2.2ClH/c1-2-9(11-10)8-6-4-3-5-7-8;;/h8-9,11H,2-7,10H2,1H3;2*1H. The van der Waals surface area contributed by atoms with Crippen LogP contribution in [0.1, 0.15) is 45.4 Å². The SMILES string of the molecule is CCC(NN)C1CCCCC1.Cl.Cl. The Bertz CT molecular complexity index is 102. The quantitative estimate of drug-likeness (QED) is 0.576. The largest absolute Gasteiger partial charge is 0.271 e. The fourth-order valence-electron chi connectivity index (χ4n) is 2.12. The van der Waals surface area contributed by atoms with Crippen molar-refractivity contribution in [1.29, 1.82) is 0 Å². The van der Waals surface area contributed by atoms with Crippen LogP contribution >= 0.6 is 24.8 Å². The number of hydrogen-bond acceptors (Lipinski definition) is 2. The van der Waals surface area contributed by atoms with Gasteiger partial charge in [-0.3, -0.25) is 11.3 Å². The number of nitrogens with one attached hydrogen (secondary N) is 1. The average Bonchev–Trinajstić information content (AvgIpc) is 2.09. The average molecular weight is 229 g/mol. The van der Waals surface area contributed by atoms with Gasteiger partial charge in [0.05, 0.1) is 0 Å². The Balaban J connectivity index is 0. The van der Waals surface area contributed by atoms with E-state index < -0.39 is 0 Å². The molecular weight excluding hydrogens is 207 g/mol. The molecule has 0 radical (unpaired) electrons. The highest BCUT2D eigenvalue weighted by Crippen LogP contribution is 2.27. The van der Waals surface area contributed by atoms with Crippen molar-refractivity contribution in [3.05, 3.63) is 0 Å². The van der Waals surface area contributed by atoms with Crippen LogP contribution in [0.5, 0.6) is 0 Å². The molecule has 1 fully saturated rings. The minimum Gasteiger partial charge on any atom is -0.271 e. The van der Waals surface area contributed by atoms with E-state index in [1.165, 1.54) is 38.5 Å². The van der Waals surface area contributed by atoms with Crippen molar-refractivity contribution < 1.29 is 0 Å². The molecule has 0 heterocycles. The molecule has 1 rings (SSSR count). The molecule has 1 atom stereocenters. The van der Waals surface area contributed by atoms with E-state index in [2.05, 4.69) is 12.3 Å². The fourth-order valence-corrected chi connectivity index (χ4v) is 2.12. The molecule has 0 spiro atoms. The zero-order valence-corrected chi connectivity index (χ0v) is 9.92. The highest BCUT2D eigenvalue weighted by Gasteiger charge is 2.20. The lowest BCUT2D eigenvalue weighted by atomic mass is 9.83. The summed E-state index contributed by atoms with van der Waals surface area (Å²) >= 11 is 0. The molecule has 0 bridgehead atoms. The molecule has 4 heteroatoms. The van der Waals surface area contributed by atoms with Gasteiger partial charge >= 0.3 is 0 Å². The fraction of sp³-hybridized carbons (Fsp3) is 1.00. The van der Waals surface area contributed by atoms with E-state index in [-0.39, 0.29) is 24.8 Å². The summed E-state index contributed by atoms with van der Waals surface area (Å²) in [5.41, 5.74) is 2.92. The van der Waals surface area contributed by atoms with Crippen molar-refractivity contribution in [3.8, 4) is 0 Å². The third kappa shape index (κ3) is 5.06. The van der Waals surface area contributed by atoms with E-state index in [1.54, 1.807) is 0 Å². The molecule has 0 aromatic rings. The Kier molecular flexibility index (Phi) is 11.1. The van der Waals surface area contributed by atoms with Gasteiger partial charge in [0, 0.05) is 6.04 Å². The van der Waals surface area contributed by atoms with E-state index in [9.17, 15) is 0 Å². The van der Waals surface area contributed by atoms with Crippen molar-refractivity contribution in [2.45, 2.75) is 51.5 Å². The Labute approximate surface area is 93.8 Å². The van der Waals surface area contributed by atoms with Gasteiger partial charge in [0.1, 0.15) is 0 Å². The van der Waals surface area contributed by atoms with Crippen molar-refractivity contribution in [3.63, 3.8) is 0 Å². The number of rotatable bonds is 3. The van der Waals surface area contributed by atoms with Crippen LogP contribution in [0.2, 0.25) is 0 Å². The smallest absolute Gasteiger partial charge is 0.0236 e. The molecule has 1 saturated carbocycles. The second kappa shape index (κ2) is 9.07. The second-order valence-electron chi connectivity index (χ2n) is 3.58. The monoisotopic (exact) mass is 228 g/mol. The van der Waals surface area contributed by atoms with E-state index in [1.807, 2.05) is 0 Å². The van der Waals surface area contributed by atoms with E-state index in [4.69, 9.17) is 5.84 Å². The maximum atomic E-state index is 5.46. The number of nitrogens with two attached hydrogens (primary N) is 1. The minimum absolute atomic E-state index is 0.